The molecular weight excluding hydrogens is 364 g/mol. The second kappa shape index (κ2) is 7.78. The maximum atomic E-state index is 5.15. The van der Waals surface area contributed by atoms with Crippen molar-refractivity contribution in [2.45, 2.75) is 58.3 Å². The fraction of sp³-hybridized carbons (Fsp3) is 0.522. The Hall–Kier alpha value is -2.01. The lowest BCUT2D eigenvalue weighted by Gasteiger charge is -2.27. The van der Waals surface area contributed by atoms with E-state index >= 15 is 0 Å². The van der Waals surface area contributed by atoms with Crippen LogP contribution in [0.3, 0.4) is 0 Å². The smallest absolute Gasteiger partial charge is 0.164 e. The van der Waals surface area contributed by atoms with Gasteiger partial charge in [-0.1, -0.05) is 26.2 Å². The van der Waals surface area contributed by atoms with Gasteiger partial charge in [-0.15, -0.1) is 11.3 Å². The average Bonchev–Trinajstić information content (AvgIpc) is 3.05. The first kappa shape index (κ1) is 18.0. The second-order valence-corrected chi connectivity index (χ2v) is 9.48. The van der Waals surface area contributed by atoms with Crippen molar-refractivity contribution in [3.05, 3.63) is 35.0 Å². The number of aromatic nitrogens is 3. The highest BCUT2D eigenvalue weighted by Gasteiger charge is 2.26. The normalized spacial score (nSPS) is 20.6. The predicted octanol–water partition coefficient (Wildman–Crippen LogP) is 5.65. The molecule has 0 spiro atoms. The molecular formula is C23H28N4S. The van der Waals surface area contributed by atoms with E-state index in [4.69, 9.17) is 9.97 Å². The van der Waals surface area contributed by atoms with Gasteiger partial charge in [0.2, 0.25) is 0 Å². The van der Waals surface area contributed by atoms with Crippen LogP contribution in [0.25, 0.3) is 21.6 Å². The van der Waals surface area contributed by atoms with E-state index in [2.05, 4.69) is 22.9 Å². The van der Waals surface area contributed by atoms with E-state index in [-0.39, 0.29) is 0 Å². The minimum absolute atomic E-state index is 0.775. The van der Waals surface area contributed by atoms with Crippen LogP contribution in [0.5, 0.6) is 0 Å². The number of aryl methyl sites for hydroxylation is 1. The molecule has 0 N–H and O–H groups in total. The van der Waals surface area contributed by atoms with Crippen LogP contribution in [0.1, 0.15) is 55.9 Å². The molecule has 3 aromatic rings. The first-order chi connectivity index (χ1) is 13.8. The molecule has 2 aliphatic rings. The van der Waals surface area contributed by atoms with Crippen molar-refractivity contribution in [1.29, 1.82) is 0 Å². The number of thiophene rings is 1. The van der Waals surface area contributed by atoms with Crippen LogP contribution in [0, 0.1) is 5.92 Å². The first-order valence-corrected chi connectivity index (χ1v) is 11.6. The molecule has 1 fully saturated rings. The number of fused-ring (bicyclic) bond motifs is 3. The van der Waals surface area contributed by atoms with Crippen LogP contribution in [-0.4, -0.2) is 28.0 Å². The third-order valence-electron chi connectivity index (χ3n) is 6.21. The Morgan fingerprint density at radius 3 is 2.68 bits per heavy atom. The summed E-state index contributed by atoms with van der Waals surface area (Å²) < 4.78 is 0. The van der Waals surface area contributed by atoms with Gasteiger partial charge in [0.15, 0.2) is 5.82 Å². The van der Waals surface area contributed by atoms with Crippen LogP contribution in [0.2, 0.25) is 0 Å². The van der Waals surface area contributed by atoms with Gasteiger partial charge in [-0.25, -0.2) is 9.97 Å². The summed E-state index contributed by atoms with van der Waals surface area (Å²) in [5.74, 6) is 2.78. The summed E-state index contributed by atoms with van der Waals surface area (Å²) in [7, 11) is 0. The number of nitrogens with zero attached hydrogens (tertiary/aromatic N) is 4. The summed E-state index contributed by atoms with van der Waals surface area (Å²) in [6, 6.07) is 4.04. The third kappa shape index (κ3) is 3.41. The van der Waals surface area contributed by atoms with Gasteiger partial charge in [0.1, 0.15) is 10.6 Å². The molecule has 1 unspecified atom stereocenters. The molecule has 146 valence electrons. The zero-order valence-electron chi connectivity index (χ0n) is 16.7. The molecule has 5 rings (SSSR count). The van der Waals surface area contributed by atoms with Crippen molar-refractivity contribution in [3.63, 3.8) is 0 Å². The number of pyridine rings is 1. The maximum absolute atomic E-state index is 5.15. The molecule has 4 heterocycles. The molecule has 1 atom stereocenters. The zero-order valence-corrected chi connectivity index (χ0v) is 17.5. The Morgan fingerprint density at radius 2 is 1.89 bits per heavy atom. The van der Waals surface area contributed by atoms with Gasteiger partial charge in [-0.05, 0) is 55.7 Å². The van der Waals surface area contributed by atoms with Gasteiger partial charge in [0.25, 0.3) is 0 Å². The molecule has 0 radical (unpaired) electrons. The molecule has 0 bridgehead atoms. The van der Waals surface area contributed by atoms with E-state index in [9.17, 15) is 0 Å². The zero-order chi connectivity index (χ0) is 18.9. The van der Waals surface area contributed by atoms with Crippen LogP contribution in [0.15, 0.2) is 24.5 Å². The Labute approximate surface area is 171 Å². The predicted molar refractivity (Wildman–Crippen MR) is 117 cm³/mol. The van der Waals surface area contributed by atoms with E-state index in [1.54, 1.807) is 4.88 Å². The number of hydrogen-bond acceptors (Lipinski definition) is 5. The molecule has 1 aliphatic carbocycles. The molecule has 5 heteroatoms. The summed E-state index contributed by atoms with van der Waals surface area (Å²) in [6.07, 6.45) is 13.9. The summed E-state index contributed by atoms with van der Waals surface area (Å²) in [5.41, 5.74) is 2.55. The Bertz CT molecular complexity index is 958. The Kier molecular flexibility index (Phi) is 5.02. The van der Waals surface area contributed by atoms with Crippen molar-refractivity contribution in [2.75, 3.05) is 18.0 Å². The molecule has 28 heavy (non-hydrogen) atoms. The standard InChI is InChI=1S/C23H28N4S/c1-16-9-10-18-19(14-16)28-23-20(18)22(27-12-5-3-2-4-6-13-27)25-21(26-23)17-8-7-11-24-15-17/h7-8,11,15-16H,2-6,9-10,12-14H2,1H3. The number of rotatable bonds is 2. The number of anilines is 1. The molecule has 1 saturated heterocycles. The van der Waals surface area contributed by atoms with E-state index in [1.807, 2.05) is 29.8 Å². The molecule has 4 nitrogen and oxygen atoms in total. The largest absolute Gasteiger partial charge is 0.356 e. The molecule has 0 saturated carbocycles. The number of hydrogen-bond donors (Lipinski definition) is 0. The molecule has 0 aromatic carbocycles. The van der Waals surface area contributed by atoms with Crippen LogP contribution >= 0.6 is 11.3 Å². The summed E-state index contributed by atoms with van der Waals surface area (Å²) >= 11 is 1.90. The minimum Gasteiger partial charge on any atom is -0.356 e. The second-order valence-electron chi connectivity index (χ2n) is 8.40. The van der Waals surface area contributed by atoms with Gasteiger partial charge in [0.05, 0.1) is 5.39 Å². The fourth-order valence-corrected chi connectivity index (χ4v) is 6.01. The molecule has 1 aliphatic heterocycles. The maximum Gasteiger partial charge on any atom is 0.164 e. The van der Waals surface area contributed by atoms with E-state index in [0.717, 1.165) is 30.4 Å². The quantitative estimate of drug-likeness (QED) is 0.565. The van der Waals surface area contributed by atoms with Gasteiger partial charge in [0, 0.05) is 35.9 Å². The van der Waals surface area contributed by atoms with Gasteiger partial charge in [-0.2, -0.15) is 0 Å². The van der Waals surface area contributed by atoms with Crippen molar-refractivity contribution < 1.29 is 0 Å². The summed E-state index contributed by atoms with van der Waals surface area (Å²) in [5, 5.41) is 1.35. The van der Waals surface area contributed by atoms with Crippen LogP contribution in [0.4, 0.5) is 5.82 Å². The van der Waals surface area contributed by atoms with Crippen LogP contribution in [-0.2, 0) is 12.8 Å². The lowest BCUT2D eigenvalue weighted by molar-refractivity contribution is 0.509. The highest BCUT2D eigenvalue weighted by atomic mass is 32.1. The third-order valence-corrected chi connectivity index (χ3v) is 7.36. The molecule has 3 aromatic heterocycles. The summed E-state index contributed by atoms with van der Waals surface area (Å²) in [6.45, 7) is 4.60. The minimum atomic E-state index is 0.775. The van der Waals surface area contributed by atoms with Crippen molar-refractivity contribution in [3.8, 4) is 11.4 Å². The highest BCUT2D eigenvalue weighted by molar-refractivity contribution is 7.19. The van der Waals surface area contributed by atoms with Crippen molar-refractivity contribution in [2.24, 2.45) is 5.92 Å². The van der Waals surface area contributed by atoms with E-state index in [1.165, 1.54) is 73.0 Å². The molecule has 0 amide bonds. The van der Waals surface area contributed by atoms with Gasteiger partial charge >= 0.3 is 0 Å². The van der Waals surface area contributed by atoms with E-state index in [0.29, 0.717) is 0 Å². The summed E-state index contributed by atoms with van der Waals surface area (Å²) in [4.78, 5) is 19.7. The fourth-order valence-electron chi connectivity index (χ4n) is 4.64. The van der Waals surface area contributed by atoms with Crippen molar-refractivity contribution in [1.82, 2.24) is 15.0 Å². The van der Waals surface area contributed by atoms with Crippen LogP contribution < -0.4 is 4.90 Å². The monoisotopic (exact) mass is 392 g/mol. The van der Waals surface area contributed by atoms with Gasteiger partial charge < -0.3 is 4.90 Å². The average molecular weight is 393 g/mol. The van der Waals surface area contributed by atoms with Gasteiger partial charge in [-0.3, -0.25) is 4.98 Å². The Balaban J connectivity index is 1.68. The Morgan fingerprint density at radius 1 is 1.07 bits per heavy atom. The highest BCUT2D eigenvalue weighted by Crippen LogP contribution is 2.42. The topological polar surface area (TPSA) is 41.9 Å². The first-order valence-electron chi connectivity index (χ1n) is 10.8. The van der Waals surface area contributed by atoms with Crippen molar-refractivity contribution >= 4 is 27.4 Å². The van der Waals surface area contributed by atoms with E-state index < -0.39 is 0 Å². The lowest BCUT2D eigenvalue weighted by atomic mass is 9.89. The SMILES string of the molecule is CC1CCc2c(sc3nc(-c4cccnc4)nc(N4CCCCCCC4)c23)C1. The lowest BCUT2D eigenvalue weighted by Crippen LogP contribution is -2.28.